The van der Waals surface area contributed by atoms with Crippen molar-refractivity contribution >= 4 is 48.9 Å². The largest absolute Gasteiger partial charge is 0.444 e. The first kappa shape index (κ1) is 38.4. The summed E-state index contributed by atoms with van der Waals surface area (Å²) in [5.41, 5.74) is -1.36. The average Bonchev–Trinajstić information content (AvgIpc) is 3.53. The molecule has 0 radical (unpaired) electrons. The Morgan fingerprint density at radius 2 is 1.64 bits per heavy atom. The molecule has 0 unspecified atom stereocenters. The summed E-state index contributed by atoms with van der Waals surface area (Å²) in [6.45, 7) is 8.15. The van der Waals surface area contributed by atoms with E-state index in [-0.39, 0.29) is 34.8 Å². The molecule has 2 aromatic carbocycles. The minimum Gasteiger partial charge on any atom is -0.444 e. The third kappa shape index (κ3) is 8.59. The quantitative estimate of drug-likeness (QED) is 0.195. The molecule has 2 fully saturated rings. The highest BCUT2D eigenvalue weighted by Gasteiger charge is 2.39. The first-order valence-corrected chi connectivity index (χ1v) is 21.0. The number of amides is 1. The van der Waals surface area contributed by atoms with E-state index in [0.717, 1.165) is 24.3 Å². The van der Waals surface area contributed by atoms with Gasteiger partial charge in [0.2, 0.25) is 5.95 Å². The molecule has 4 aromatic rings. The molecule has 0 saturated carbocycles. The van der Waals surface area contributed by atoms with Gasteiger partial charge in [0, 0.05) is 36.3 Å². The van der Waals surface area contributed by atoms with Gasteiger partial charge in [-0.25, -0.2) is 49.8 Å². The monoisotopic (exact) mass is 792 g/mol. The van der Waals surface area contributed by atoms with Crippen molar-refractivity contribution in [3.05, 3.63) is 71.1 Å². The zero-order valence-electron chi connectivity index (χ0n) is 29.4. The van der Waals surface area contributed by atoms with Gasteiger partial charge in [0.1, 0.15) is 27.1 Å². The van der Waals surface area contributed by atoms with Gasteiger partial charge in [0.05, 0.1) is 38.5 Å². The van der Waals surface area contributed by atoms with Crippen LogP contribution < -0.4 is 10.0 Å². The van der Waals surface area contributed by atoms with E-state index in [0.29, 0.717) is 54.4 Å². The third-order valence-corrected chi connectivity index (χ3v) is 13.6. The molecule has 2 aromatic heterocycles. The van der Waals surface area contributed by atoms with Crippen LogP contribution in [0.4, 0.5) is 29.6 Å². The fraction of sp³-hybridized carbons (Fsp3) is 0.429. The van der Waals surface area contributed by atoms with E-state index in [1.165, 1.54) is 29.7 Å². The molecule has 53 heavy (non-hydrogen) atoms. The first-order valence-electron chi connectivity index (χ1n) is 16.9. The summed E-state index contributed by atoms with van der Waals surface area (Å²) in [5.74, 6) is -3.40. The lowest BCUT2D eigenvalue weighted by molar-refractivity contribution is 0.0171. The number of ether oxygens (including phenoxy) is 1. The van der Waals surface area contributed by atoms with E-state index in [2.05, 4.69) is 10.3 Å². The predicted octanol–water partition coefficient (Wildman–Crippen LogP) is 6.76. The molecule has 4 heterocycles. The number of rotatable bonds is 8. The SMILES string of the molecule is CC(C)(C)OC(=O)N1CCC(C)(c2nc(-c3cccc(NS(=O)(=O)c4c(F)cccc4F)c3F)c(-c3ccnc(NC4CCS(=O)(=O)CC4)n3)s2)CC1. The Morgan fingerprint density at radius 1 is 1.00 bits per heavy atom. The molecular weight excluding hydrogens is 754 g/mol. The highest BCUT2D eigenvalue weighted by atomic mass is 32.2. The summed E-state index contributed by atoms with van der Waals surface area (Å²) in [6, 6.07) is 7.96. The number of carbonyl (C=O) groups is 1. The molecule has 0 aliphatic carbocycles. The molecule has 0 spiro atoms. The minimum atomic E-state index is -4.90. The average molecular weight is 793 g/mol. The molecule has 2 saturated heterocycles. The Labute approximate surface area is 310 Å². The van der Waals surface area contributed by atoms with Gasteiger partial charge in [0.15, 0.2) is 10.7 Å². The van der Waals surface area contributed by atoms with Gasteiger partial charge in [-0.05, 0) is 76.8 Å². The van der Waals surface area contributed by atoms with E-state index in [9.17, 15) is 30.4 Å². The summed E-state index contributed by atoms with van der Waals surface area (Å²) >= 11 is 1.27. The maximum atomic E-state index is 16.5. The zero-order valence-corrected chi connectivity index (χ0v) is 31.9. The first-order chi connectivity index (χ1) is 24.8. The highest BCUT2D eigenvalue weighted by molar-refractivity contribution is 7.92. The molecule has 0 bridgehead atoms. The number of aromatic nitrogens is 3. The van der Waals surface area contributed by atoms with Gasteiger partial charge >= 0.3 is 6.09 Å². The summed E-state index contributed by atoms with van der Waals surface area (Å²) in [7, 11) is -7.99. The molecule has 284 valence electrons. The summed E-state index contributed by atoms with van der Waals surface area (Å²) in [6.07, 6.45) is 2.88. The highest BCUT2D eigenvalue weighted by Crippen LogP contribution is 2.45. The summed E-state index contributed by atoms with van der Waals surface area (Å²) in [4.78, 5) is 27.6. The van der Waals surface area contributed by atoms with Crippen LogP contribution in [0.1, 0.15) is 58.4 Å². The van der Waals surface area contributed by atoms with Crippen LogP contribution in [0.25, 0.3) is 21.8 Å². The van der Waals surface area contributed by atoms with Crippen molar-refractivity contribution in [1.29, 1.82) is 0 Å². The number of piperidine rings is 1. The molecule has 2 N–H and O–H groups in total. The maximum absolute atomic E-state index is 16.5. The Morgan fingerprint density at radius 3 is 2.28 bits per heavy atom. The number of sulfonamides is 1. The molecule has 2 aliphatic heterocycles. The molecule has 12 nitrogen and oxygen atoms in total. The van der Waals surface area contributed by atoms with Crippen LogP contribution in [0.3, 0.4) is 0 Å². The molecule has 2 aliphatic rings. The lowest BCUT2D eigenvalue weighted by Crippen LogP contribution is -2.45. The van der Waals surface area contributed by atoms with Crippen molar-refractivity contribution in [2.75, 3.05) is 34.6 Å². The van der Waals surface area contributed by atoms with Crippen molar-refractivity contribution < 1.29 is 39.5 Å². The van der Waals surface area contributed by atoms with Crippen LogP contribution in [0.2, 0.25) is 0 Å². The number of sulfone groups is 1. The van der Waals surface area contributed by atoms with E-state index in [1.54, 1.807) is 31.7 Å². The van der Waals surface area contributed by atoms with Crippen LogP contribution in [-0.2, 0) is 30.0 Å². The van der Waals surface area contributed by atoms with Crippen LogP contribution in [0, 0.1) is 17.5 Å². The lowest BCUT2D eigenvalue weighted by Gasteiger charge is -2.38. The van der Waals surface area contributed by atoms with Crippen molar-refractivity contribution in [2.45, 2.75) is 75.3 Å². The smallest absolute Gasteiger partial charge is 0.410 e. The number of hydrogen-bond acceptors (Lipinski definition) is 11. The van der Waals surface area contributed by atoms with E-state index in [1.807, 2.05) is 11.6 Å². The Balaban J connectivity index is 1.37. The van der Waals surface area contributed by atoms with E-state index in [4.69, 9.17) is 14.7 Å². The molecule has 6 rings (SSSR count). The van der Waals surface area contributed by atoms with Gasteiger partial charge < -0.3 is 15.0 Å². The molecule has 18 heteroatoms. The lowest BCUT2D eigenvalue weighted by atomic mass is 9.81. The number of halogens is 3. The molecule has 1 amide bonds. The number of hydrogen-bond donors (Lipinski definition) is 2. The number of carbonyl (C=O) groups excluding carboxylic acids is 1. The number of benzene rings is 2. The van der Waals surface area contributed by atoms with Gasteiger partial charge in [0.25, 0.3) is 10.0 Å². The van der Waals surface area contributed by atoms with Crippen LogP contribution >= 0.6 is 11.3 Å². The van der Waals surface area contributed by atoms with Crippen LogP contribution in [0.15, 0.2) is 53.6 Å². The van der Waals surface area contributed by atoms with Crippen LogP contribution in [-0.4, -0.2) is 79.0 Å². The van der Waals surface area contributed by atoms with E-state index >= 15 is 4.39 Å². The summed E-state index contributed by atoms with van der Waals surface area (Å²) < 4.78 is 103. The zero-order chi connectivity index (χ0) is 38.3. The van der Waals surface area contributed by atoms with Crippen molar-refractivity contribution in [3.63, 3.8) is 0 Å². The maximum Gasteiger partial charge on any atom is 0.410 e. The van der Waals surface area contributed by atoms with Crippen molar-refractivity contribution in [3.8, 4) is 21.8 Å². The second-order valence-electron chi connectivity index (χ2n) is 14.4. The number of nitrogens with zero attached hydrogens (tertiary/aromatic N) is 4. The second kappa shape index (κ2) is 14.5. The number of thiazole rings is 1. The van der Waals surface area contributed by atoms with Gasteiger partial charge in [-0.3, -0.25) is 4.72 Å². The standard InChI is InChI=1S/C35H39F3N6O6S3/c1-34(2,3)50-33(45)44-17-14-35(4,15-18-44)31-42-28(29(51-31)26-11-16-39-32(41-26)40-21-12-19-52(46,47)20-13-21)22-7-5-10-25(27(22)38)43-53(48,49)30-23(36)8-6-9-24(30)37/h5-11,16,21,43H,12-15,17-20H2,1-4H3,(H,39,40,41). The normalized spacial score (nSPS) is 17.7. The minimum absolute atomic E-state index is 0.0412. The predicted molar refractivity (Wildman–Crippen MR) is 195 cm³/mol. The molecule has 0 atom stereocenters. The van der Waals surface area contributed by atoms with Crippen molar-refractivity contribution in [2.24, 2.45) is 0 Å². The fourth-order valence-corrected chi connectivity index (χ4v) is 10.1. The second-order valence-corrected chi connectivity index (χ2v) is 19.3. The van der Waals surface area contributed by atoms with Gasteiger partial charge in [-0.15, -0.1) is 11.3 Å². The van der Waals surface area contributed by atoms with Gasteiger partial charge in [-0.2, -0.15) is 0 Å². The number of likely N-dealkylation sites (tertiary alicyclic amines) is 1. The van der Waals surface area contributed by atoms with Crippen LogP contribution in [0.5, 0.6) is 0 Å². The van der Waals surface area contributed by atoms with E-state index < -0.39 is 65.0 Å². The Kier molecular flexibility index (Phi) is 10.5. The van der Waals surface area contributed by atoms with Crippen molar-refractivity contribution in [1.82, 2.24) is 19.9 Å². The van der Waals surface area contributed by atoms with Gasteiger partial charge in [-0.1, -0.05) is 19.1 Å². The number of nitrogens with one attached hydrogen (secondary N) is 2. The topological polar surface area (TPSA) is 161 Å². The molecular formula is C35H39F3N6O6S3. The fourth-order valence-electron chi connectivity index (χ4n) is 6.16. The Bertz CT molecular complexity index is 2220. The summed E-state index contributed by atoms with van der Waals surface area (Å²) in [5, 5.41) is 3.83. The Hall–Kier alpha value is -4.29. The third-order valence-electron chi connectivity index (χ3n) is 9.12. The number of anilines is 2.